The molecule has 0 aliphatic heterocycles. The normalized spacial score (nSPS) is 11.6. The fourth-order valence-electron chi connectivity index (χ4n) is 6.60. The van der Waals surface area contributed by atoms with E-state index in [2.05, 4.69) is 67.8 Å². The van der Waals surface area contributed by atoms with Gasteiger partial charge in [0.2, 0.25) is 0 Å². The summed E-state index contributed by atoms with van der Waals surface area (Å²) in [5.41, 5.74) is 10.3. The highest BCUT2D eigenvalue weighted by atomic mass is 16.1. The Kier molecular flexibility index (Phi) is 7.59. The average Bonchev–Trinajstić information content (AvgIpc) is 3.17. The van der Waals surface area contributed by atoms with Crippen LogP contribution in [0.25, 0.3) is 77.8 Å². The van der Waals surface area contributed by atoms with Crippen LogP contribution in [0.3, 0.4) is 0 Å². The summed E-state index contributed by atoms with van der Waals surface area (Å²) < 4.78 is 1.68. The minimum atomic E-state index is -0.178. The zero-order valence-electron chi connectivity index (χ0n) is 26.8. The lowest BCUT2D eigenvalue weighted by molar-refractivity contribution is 1.05. The van der Waals surface area contributed by atoms with Gasteiger partial charge in [-0.05, 0) is 63.2 Å². The topological polar surface area (TPSA) is 47.3 Å². The van der Waals surface area contributed by atoms with Gasteiger partial charge in [0.1, 0.15) is 5.82 Å². The molecule has 0 atom stereocenters. The maximum atomic E-state index is 14.9. The van der Waals surface area contributed by atoms with Gasteiger partial charge in [-0.1, -0.05) is 153 Å². The van der Waals surface area contributed by atoms with Crippen LogP contribution in [0.5, 0.6) is 0 Å². The van der Waals surface area contributed by atoms with Crippen molar-refractivity contribution in [1.82, 2.24) is 14.4 Å². The summed E-state index contributed by atoms with van der Waals surface area (Å²) in [7, 11) is 0. The second-order valence-corrected chi connectivity index (χ2v) is 11.9. The van der Waals surface area contributed by atoms with Crippen molar-refractivity contribution in [2.75, 3.05) is 0 Å². The highest BCUT2D eigenvalue weighted by Gasteiger charge is 2.21. The molecule has 0 saturated heterocycles. The maximum absolute atomic E-state index is 14.9. The predicted molar refractivity (Wildman–Crippen MR) is 204 cm³/mol. The van der Waals surface area contributed by atoms with Crippen LogP contribution in [-0.4, -0.2) is 14.4 Å². The number of benzene rings is 6. The van der Waals surface area contributed by atoms with E-state index in [4.69, 9.17) is 9.97 Å². The Balaban J connectivity index is 1.57. The summed E-state index contributed by atoms with van der Waals surface area (Å²) >= 11 is 0. The molecule has 232 valence electrons. The largest absolute Gasteiger partial charge is 0.268 e. The van der Waals surface area contributed by atoms with Gasteiger partial charge in [0.25, 0.3) is 5.56 Å². The number of aromatic nitrogens is 3. The molecule has 0 aliphatic rings. The molecule has 0 spiro atoms. The molecule has 0 saturated carbocycles. The first-order valence-electron chi connectivity index (χ1n) is 16.2. The summed E-state index contributed by atoms with van der Waals surface area (Å²) in [4.78, 5) is 25.5. The molecule has 0 fully saturated rings. The Labute approximate surface area is 284 Å². The van der Waals surface area contributed by atoms with Crippen molar-refractivity contribution in [2.24, 2.45) is 0 Å². The van der Waals surface area contributed by atoms with Gasteiger partial charge in [0.15, 0.2) is 5.65 Å². The molecule has 0 unspecified atom stereocenters. The third-order valence-electron chi connectivity index (χ3n) is 8.92. The molecule has 0 bridgehead atoms. The first-order valence-corrected chi connectivity index (χ1v) is 16.2. The molecule has 8 aromatic rings. The smallest absolute Gasteiger partial charge is 0.267 e. The van der Waals surface area contributed by atoms with E-state index in [1.54, 1.807) is 10.5 Å². The van der Waals surface area contributed by atoms with Crippen LogP contribution < -0.4 is 5.56 Å². The molecule has 6 aromatic carbocycles. The van der Waals surface area contributed by atoms with Crippen molar-refractivity contribution in [3.8, 4) is 44.8 Å². The molecule has 4 nitrogen and oxygen atoms in total. The fraction of sp³-hybridized carbons (Fsp3) is 0. The SMILES string of the molecule is C=C/C=C(\C=C)c1cc(-c2ccccc2)cc2c1nc(-c1ccccc1)n1c(=O)c3cc(-c4ccccc4)c(-c4ccccc4)cc3nc21. The minimum absolute atomic E-state index is 0.178. The molecule has 0 amide bonds. The van der Waals surface area contributed by atoms with Gasteiger partial charge in [-0.25, -0.2) is 14.4 Å². The summed E-state index contributed by atoms with van der Waals surface area (Å²) in [5.74, 6) is 0.520. The van der Waals surface area contributed by atoms with Gasteiger partial charge in [-0.3, -0.25) is 4.79 Å². The Morgan fingerprint density at radius 2 is 1.12 bits per heavy atom. The van der Waals surface area contributed by atoms with Crippen molar-refractivity contribution in [3.63, 3.8) is 0 Å². The van der Waals surface area contributed by atoms with E-state index in [0.717, 1.165) is 61.0 Å². The Hall–Kier alpha value is -6.65. The van der Waals surface area contributed by atoms with Crippen molar-refractivity contribution >= 4 is 33.0 Å². The predicted octanol–water partition coefficient (Wildman–Crippen LogP) is 10.8. The van der Waals surface area contributed by atoms with Gasteiger partial charge in [-0.2, -0.15) is 0 Å². The first-order chi connectivity index (χ1) is 24.1. The number of nitrogens with zero attached hydrogens (tertiary/aromatic N) is 3. The summed E-state index contributed by atoms with van der Waals surface area (Å²) in [6.07, 6.45) is 5.50. The fourth-order valence-corrected chi connectivity index (χ4v) is 6.60. The van der Waals surface area contributed by atoms with Crippen LogP contribution in [0.1, 0.15) is 5.56 Å². The zero-order valence-corrected chi connectivity index (χ0v) is 26.8. The standard InChI is InChI=1S/C45H31N3O/c1-3-17-30(4-2)38-26-35(31-18-9-5-10-19-31)27-40-42(38)47-43(34-24-15-8-16-25-34)48-44(40)46-41-29-37(33-22-13-7-14-23-33)36(28-39(41)45(48)49)32-20-11-6-12-21-32/h3-29H,1-2H2/b30-17+. The summed E-state index contributed by atoms with van der Waals surface area (Å²) in [5, 5.41) is 1.28. The van der Waals surface area contributed by atoms with E-state index in [1.165, 1.54) is 0 Å². The van der Waals surface area contributed by atoms with Gasteiger partial charge in [0, 0.05) is 16.5 Å². The van der Waals surface area contributed by atoms with Gasteiger partial charge in [0.05, 0.1) is 16.4 Å². The first kappa shape index (κ1) is 29.7. The lowest BCUT2D eigenvalue weighted by Gasteiger charge is -2.17. The molecule has 0 aliphatic carbocycles. The second-order valence-electron chi connectivity index (χ2n) is 11.9. The third kappa shape index (κ3) is 5.26. The van der Waals surface area contributed by atoms with Crippen molar-refractivity contribution in [3.05, 3.63) is 193 Å². The van der Waals surface area contributed by atoms with E-state index in [1.807, 2.05) is 103 Å². The van der Waals surface area contributed by atoms with Crippen LogP contribution in [0.4, 0.5) is 0 Å². The van der Waals surface area contributed by atoms with Crippen molar-refractivity contribution < 1.29 is 0 Å². The van der Waals surface area contributed by atoms with Crippen LogP contribution in [-0.2, 0) is 0 Å². The molecule has 0 radical (unpaired) electrons. The lowest BCUT2D eigenvalue weighted by atomic mass is 9.93. The Morgan fingerprint density at radius 1 is 0.571 bits per heavy atom. The lowest BCUT2D eigenvalue weighted by Crippen LogP contribution is -2.19. The minimum Gasteiger partial charge on any atom is -0.268 e. The molecule has 8 rings (SSSR count). The monoisotopic (exact) mass is 629 g/mol. The Morgan fingerprint density at radius 3 is 1.69 bits per heavy atom. The third-order valence-corrected chi connectivity index (χ3v) is 8.92. The second kappa shape index (κ2) is 12.5. The van der Waals surface area contributed by atoms with E-state index in [9.17, 15) is 4.79 Å². The quantitative estimate of drug-likeness (QED) is 0.100. The number of fused-ring (bicyclic) bond motifs is 4. The average molecular weight is 630 g/mol. The van der Waals surface area contributed by atoms with E-state index in [0.29, 0.717) is 22.4 Å². The number of hydrogen-bond donors (Lipinski definition) is 0. The molecule has 4 heteroatoms. The zero-order chi connectivity index (χ0) is 33.3. The van der Waals surface area contributed by atoms with Crippen molar-refractivity contribution in [1.29, 1.82) is 0 Å². The van der Waals surface area contributed by atoms with E-state index >= 15 is 0 Å². The van der Waals surface area contributed by atoms with E-state index < -0.39 is 0 Å². The van der Waals surface area contributed by atoms with E-state index in [-0.39, 0.29) is 5.56 Å². The van der Waals surface area contributed by atoms with Gasteiger partial charge in [-0.15, -0.1) is 0 Å². The molecular formula is C45H31N3O. The highest BCUT2D eigenvalue weighted by Crippen LogP contribution is 2.38. The van der Waals surface area contributed by atoms with Crippen LogP contribution >= 0.6 is 0 Å². The van der Waals surface area contributed by atoms with Gasteiger partial charge < -0.3 is 0 Å². The molecule has 2 aromatic heterocycles. The van der Waals surface area contributed by atoms with Crippen LogP contribution in [0.2, 0.25) is 0 Å². The number of allylic oxidation sites excluding steroid dienone is 4. The Bertz CT molecular complexity index is 2620. The van der Waals surface area contributed by atoms with Gasteiger partial charge >= 0.3 is 0 Å². The van der Waals surface area contributed by atoms with Crippen LogP contribution in [0, 0.1) is 0 Å². The molecule has 0 N–H and O–H groups in total. The van der Waals surface area contributed by atoms with Crippen molar-refractivity contribution in [2.45, 2.75) is 0 Å². The summed E-state index contributed by atoms with van der Waals surface area (Å²) in [6, 6.07) is 48.7. The molecule has 49 heavy (non-hydrogen) atoms. The highest BCUT2D eigenvalue weighted by molar-refractivity contribution is 6.05. The number of rotatable bonds is 7. The van der Waals surface area contributed by atoms with Crippen LogP contribution in [0.15, 0.2) is 182 Å². The molecule has 2 heterocycles. The summed E-state index contributed by atoms with van der Waals surface area (Å²) in [6.45, 7) is 8.08. The maximum Gasteiger partial charge on any atom is 0.267 e. The molecular weight excluding hydrogens is 599 g/mol. The number of hydrogen-bond acceptors (Lipinski definition) is 3.